The Hall–Kier alpha value is -1.86. The summed E-state index contributed by atoms with van der Waals surface area (Å²) in [5.41, 5.74) is 7.84. The number of nitrogens with two attached hydrogens (primary N) is 1. The van der Waals surface area contributed by atoms with E-state index in [-0.39, 0.29) is 0 Å². The van der Waals surface area contributed by atoms with Crippen LogP contribution < -0.4 is 5.73 Å². The van der Waals surface area contributed by atoms with Gasteiger partial charge in [-0.25, -0.2) is 4.98 Å². The van der Waals surface area contributed by atoms with Gasteiger partial charge in [-0.05, 0) is 24.7 Å². The van der Waals surface area contributed by atoms with Crippen LogP contribution in [0.5, 0.6) is 0 Å². The van der Waals surface area contributed by atoms with E-state index in [0.717, 1.165) is 23.3 Å². The number of aromatic nitrogens is 2. The van der Waals surface area contributed by atoms with E-state index in [2.05, 4.69) is 16.0 Å². The molecule has 14 heavy (non-hydrogen) atoms. The molecule has 0 aliphatic heterocycles. The molecular formula is C10H10N4. The quantitative estimate of drug-likeness (QED) is 0.732. The lowest BCUT2D eigenvalue weighted by atomic mass is 10.2. The van der Waals surface area contributed by atoms with Gasteiger partial charge < -0.3 is 10.7 Å². The maximum atomic E-state index is 8.70. The third kappa shape index (κ3) is 1.45. The maximum absolute atomic E-state index is 8.70. The predicted molar refractivity (Wildman–Crippen MR) is 53.6 cm³/mol. The molecule has 0 unspecified atom stereocenters. The fourth-order valence-corrected chi connectivity index (χ4v) is 1.39. The van der Waals surface area contributed by atoms with Crippen molar-refractivity contribution >= 4 is 11.0 Å². The smallest absolute Gasteiger partial charge is 0.108 e. The van der Waals surface area contributed by atoms with E-state index >= 15 is 0 Å². The normalized spacial score (nSPS) is 10.3. The first kappa shape index (κ1) is 8.73. The SMILES string of the molecule is N#Cc1ccc2nc(CCN)[nH]c2c1. The number of aromatic amines is 1. The summed E-state index contributed by atoms with van der Waals surface area (Å²) in [5.74, 6) is 0.873. The van der Waals surface area contributed by atoms with Gasteiger partial charge in [-0.1, -0.05) is 0 Å². The van der Waals surface area contributed by atoms with E-state index < -0.39 is 0 Å². The van der Waals surface area contributed by atoms with Crippen LogP contribution in [-0.4, -0.2) is 16.5 Å². The highest BCUT2D eigenvalue weighted by atomic mass is 14.9. The summed E-state index contributed by atoms with van der Waals surface area (Å²) in [5, 5.41) is 8.70. The van der Waals surface area contributed by atoms with Crippen LogP contribution in [0, 0.1) is 11.3 Å². The lowest BCUT2D eigenvalue weighted by Gasteiger charge is -1.88. The molecule has 3 N–H and O–H groups in total. The monoisotopic (exact) mass is 186 g/mol. The van der Waals surface area contributed by atoms with Crippen LogP contribution in [-0.2, 0) is 6.42 Å². The molecule has 0 radical (unpaired) electrons. The van der Waals surface area contributed by atoms with Gasteiger partial charge in [-0.2, -0.15) is 5.26 Å². The fourth-order valence-electron chi connectivity index (χ4n) is 1.39. The van der Waals surface area contributed by atoms with Crippen molar-refractivity contribution in [2.75, 3.05) is 6.54 Å². The van der Waals surface area contributed by atoms with Gasteiger partial charge in [0, 0.05) is 6.42 Å². The number of hydrogen-bond acceptors (Lipinski definition) is 3. The molecule has 2 rings (SSSR count). The second kappa shape index (κ2) is 3.48. The Labute approximate surface area is 81.4 Å². The molecule has 0 aliphatic rings. The van der Waals surface area contributed by atoms with Gasteiger partial charge in [0.05, 0.1) is 22.7 Å². The van der Waals surface area contributed by atoms with Crippen LogP contribution in [0.2, 0.25) is 0 Å². The molecule has 0 amide bonds. The number of hydrogen-bond donors (Lipinski definition) is 2. The number of rotatable bonds is 2. The first-order valence-electron chi connectivity index (χ1n) is 4.42. The number of benzene rings is 1. The van der Waals surface area contributed by atoms with Crippen LogP contribution in [0.1, 0.15) is 11.4 Å². The van der Waals surface area contributed by atoms with Crippen LogP contribution in [0.15, 0.2) is 18.2 Å². The molecule has 70 valence electrons. The van der Waals surface area contributed by atoms with Crippen molar-refractivity contribution in [1.82, 2.24) is 9.97 Å². The molecule has 2 aromatic rings. The van der Waals surface area contributed by atoms with E-state index in [4.69, 9.17) is 11.0 Å². The van der Waals surface area contributed by atoms with Crippen molar-refractivity contribution in [1.29, 1.82) is 5.26 Å². The zero-order valence-corrected chi connectivity index (χ0v) is 7.62. The minimum absolute atomic E-state index is 0.574. The second-order valence-corrected chi connectivity index (χ2v) is 3.07. The topological polar surface area (TPSA) is 78.5 Å². The van der Waals surface area contributed by atoms with E-state index in [9.17, 15) is 0 Å². The Balaban J connectivity index is 2.50. The van der Waals surface area contributed by atoms with Crippen LogP contribution in [0.4, 0.5) is 0 Å². The zero-order valence-electron chi connectivity index (χ0n) is 7.62. The average molecular weight is 186 g/mol. The zero-order chi connectivity index (χ0) is 9.97. The summed E-state index contributed by atoms with van der Waals surface area (Å²) in [6.45, 7) is 0.574. The Bertz CT molecular complexity index is 492. The fraction of sp³-hybridized carbons (Fsp3) is 0.200. The average Bonchev–Trinajstić information content (AvgIpc) is 2.59. The van der Waals surface area contributed by atoms with Gasteiger partial charge in [0.1, 0.15) is 5.82 Å². The largest absolute Gasteiger partial charge is 0.342 e. The minimum Gasteiger partial charge on any atom is -0.342 e. The molecule has 1 aromatic carbocycles. The predicted octanol–water partition coefficient (Wildman–Crippen LogP) is 0.936. The molecule has 0 bridgehead atoms. The number of imidazole rings is 1. The Morgan fingerprint density at radius 3 is 3.07 bits per heavy atom. The molecule has 4 nitrogen and oxygen atoms in total. The highest BCUT2D eigenvalue weighted by Crippen LogP contribution is 2.13. The molecule has 0 saturated carbocycles. The summed E-state index contributed by atoms with van der Waals surface area (Å²) in [6.07, 6.45) is 0.733. The van der Waals surface area contributed by atoms with Gasteiger partial charge >= 0.3 is 0 Å². The lowest BCUT2D eigenvalue weighted by Crippen LogP contribution is -2.03. The summed E-state index contributed by atoms with van der Waals surface area (Å²) in [4.78, 5) is 7.46. The summed E-state index contributed by atoms with van der Waals surface area (Å²) >= 11 is 0. The maximum Gasteiger partial charge on any atom is 0.108 e. The number of fused-ring (bicyclic) bond motifs is 1. The Morgan fingerprint density at radius 1 is 1.50 bits per heavy atom. The highest BCUT2D eigenvalue weighted by molar-refractivity contribution is 5.76. The van der Waals surface area contributed by atoms with Crippen molar-refractivity contribution in [3.05, 3.63) is 29.6 Å². The van der Waals surface area contributed by atoms with Gasteiger partial charge in [0.2, 0.25) is 0 Å². The van der Waals surface area contributed by atoms with Crippen LogP contribution in [0.25, 0.3) is 11.0 Å². The summed E-state index contributed by atoms with van der Waals surface area (Å²) in [7, 11) is 0. The van der Waals surface area contributed by atoms with Crippen molar-refractivity contribution in [2.45, 2.75) is 6.42 Å². The highest BCUT2D eigenvalue weighted by Gasteiger charge is 2.02. The van der Waals surface area contributed by atoms with Crippen LogP contribution in [0.3, 0.4) is 0 Å². The number of nitriles is 1. The van der Waals surface area contributed by atoms with E-state index in [1.165, 1.54) is 0 Å². The first-order chi connectivity index (χ1) is 6.83. The molecule has 0 aliphatic carbocycles. The van der Waals surface area contributed by atoms with Crippen molar-refractivity contribution in [3.8, 4) is 6.07 Å². The van der Waals surface area contributed by atoms with Crippen molar-refractivity contribution in [3.63, 3.8) is 0 Å². The van der Waals surface area contributed by atoms with E-state index in [1.54, 1.807) is 12.1 Å². The Kier molecular flexibility index (Phi) is 2.17. The second-order valence-electron chi connectivity index (χ2n) is 3.07. The number of H-pyrrole nitrogens is 1. The molecular weight excluding hydrogens is 176 g/mol. The van der Waals surface area contributed by atoms with E-state index in [1.807, 2.05) is 6.07 Å². The third-order valence-corrected chi connectivity index (χ3v) is 2.04. The molecule has 1 aromatic heterocycles. The van der Waals surface area contributed by atoms with E-state index in [0.29, 0.717) is 12.1 Å². The Morgan fingerprint density at radius 2 is 2.36 bits per heavy atom. The number of nitrogens with one attached hydrogen (secondary N) is 1. The van der Waals surface area contributed by atoms with Gasteiger partial charge in [-0.3, -0.25) is 0 Å². The van der Waals surface area contributed by atoms with Gasteiger partial charge in [0.25, 0.3) is 0 Å². The molecule has 0 atom stereocenters. The van der Waals surface area contributed by atoms with Crippen LogP contribution >= 0.6 is 0 Å². The van der Waals surface area contributed by atoms with Crippen molar-refractivity contribution in [2.24, 2.45) is 5.73 Å². The molecule has 1 heterocycles. The summed E-state index contributed by atoms with van der Waals surface area (Å²) < 4.78 is 0. The number of nitrogens with zero attached hydrogens (tertiary/aromatic N) is 2. The van der Waals surface area contributed by atoms with Gasteiger partial charge in [-0.15, -0.1) is 0 Å². The van der Waals surface area contributed by atoms with Crippen molar-refractivity contribution < 1.29 is 0 Å². The van der Waals surface area contributed by atoms with Gasteiger partial charge in [0.15, 0.2) is 0 Å². The minimum atomic E-state index is 0.574. The molecule has 4 heteroatoms. The first-order valence-corrected chi connectivity index (χ1v) is 4.42. The molecule has 0 fully saturated rings. The standard InChI is InChI=1S/C10H10N4/c11-4-3-10-13-8-2-1-7(6-12)5-9(8)14-10/h1-2,5H,3-4,11H2,(H,13,14). The molecule has 0 spiro atoms. The third-order valence-electron chi connectivity index (χ3n) is 2.04. The molecule has 0 saturated heterocycles. The lowest BCUT2D eigenvalue weighted by molar-refractivity contribution is 0.900. The summed E-state index contributed by atoms with van der Waals surface area (Å²) in [6, 6.07) is 7.48.